The number of pyridine rings is 2. The van der Waals surface area contributed by atoms with Gasteiger partial charge in [-0.25, -0.2) is 14.8 Å². The Hall–Kier alpha value is -3.81. The molecule has 292 valence electrons. The molecule has 5 N–H and O–H groups in total. The number of anilines is 2. The molecule has 0 spiro atoms. The first-order valence-corrected chi connectivity index (χ1v) is 18.7. The SMILES string of the molecule is CC(C)(C)OC(=O)N1CCC(Nc2cc(Cl)ccn2)CC1.CC(C)C[C@](C)(N)COc1ccc(-c2ccnc(NC3CCNCC3)c2)cc1C(F)(F)F. The fraction of sp³-hybridized carbons (Fsp3) is 0.564. The van der Waals surface area contributed by atoms with Crippen LogP contribution in [0.5, 0.6) is 5.75 Å². The van der Waals surface area contributed by atoms with Crippen molar-refractivity contribution in [2.45, 2.75) is 103 Å². The van der Waals surface area contributed by atoms with E-state index in [0.717, 1.165) is 50.7 Å². The first-order chi connectivity index (χ1) is 24.9. The third-order valence-corrected chi connectivity index (χ3v) is 8.96. The van der Waals surface area contributed by atoms with Gasteiger partial charge in [-0.15, -0.1) is 0 Å². The Kier molecular flexibility index (Phi) is 14.6. The molecule has 2 saturated heterocycles. The van der Waals surface area contributed by atoms with E-state index in [0.29, 0.717) is 59.5 Å². The molecule has 1 aromatic carbocycles. The van der Waals surface area contributed by atoms with Crippen LogP contribution in [-0.2, 0) is 10.9 Å². The highest BCUT2D eigenvalue weighted by Gasteiger charge is 2.35. The molecular weight excluding hydrogens is 707 g/mol. The summed E-state index contributed by atoms with van der Waals surface area (Å²) < 4.78 is 52.4. The number of benzene rings is 1. The Balaban J connectivity index is 0.000000258. The van der Waals surface area contributed by atoms with Crippen molar-refractivity contribution in [1.29, 1.82) is 0 Å². The Morgan fingerprint density at radius 1 is 0.925 bits per heavy atom. The molecule has 14 heteroatoms. The van der Waals surface area contributed by atoms with Gasteiger partial charge < -0.3 is 36.1 Å². The first kappa shape index (κ1) is 41.9. The van der Waals surface area contributed by atoms with Gasteiger partial charge in [0.2, 0.25) is 0 Å². The number of nitrogens with one attached hydrogen (secondary N) is 3. The molecule has 0 bridgehead atoms. The molecule has 10 nitrogen and oxygen atoms in total. The van der Waals surface area contributed by atoms with E-state index in [1.807, 2.05) is 40.7 Å². The number of carbonyl (C=O) groups excluding carboxylic acids is 1. The number of nitrogens with two attached hydrogens (primary N) is 1. The van der Waals surface area contributed by atoms with Gasteiger partial charge in [0, 0.05) is 48.1 Å². The van der Waals surface area contributed by atoms with E-state index in [1.54, 1.807) is 48.5 Å². The lowest BCUT2D eigenvalue weighted by atomic mass is 9.93. The van der Waals surface area contributed by atoms with Crippen molar-refractivity contribution >= 4 is 29.3 Å². The molecule has 3 aromatic rings. The van der Waals surface area contributed by atoms with Gasteiger partial charge >= 0.3 is 12.3 Å². The maximum absolute atomic E-state index is 13.8. The van der Waals surface area contributed by atoms with Crippen molar-refractivity contribution in [3.05, 3.63) is 65.4 Å². The third-order valence-electron chi connectivity index (χ3n) is 8.72. The number of hydrogen-bond donors (Lipinski definition) is 4. The predicted octanol–water partition coefficient (Wildman–Crippen LogP) is 8.62. The van der Waals surface area contributed by atoms with Gasteiger partial charge in [0.15, 0.2) is 0 Å². The monoisotopic (exact) mass is 761 g/mol. The van der Waals surface area contributed by atoms with E-state index < -0.39 is 22.9 Å². The maximum atomic E-state index is 13.8. The number of amides is 1. The van der Waals surface area contributed by atoms with Gasteiger partial charge in [0.05, 0.1) is 5.56 Å². The van der Waals surface area contributed by atoms with Crippen LogP contribution in [-0.4, -0.2) is 77.0 Å². The van der Waals surface area contributed by atoms with E-state index in [2.05, 4.69) is 25.9 Å². The number of carbonyl (C=O) groups is 1. The first-order valence-electron chi connectivity index (χ1n) is 18.3. The van der Waals surface area contributed by atoms with Crippen molar-refractivity contribution in [3.8, 4) is 16.9 Å². The normalized spacial score (nSPS) is 17.0. The summed E-state index contributed by atoms with van der Waals surface area (Å²) in [5.41, 5.74) is 5.37. The van der Waals surface area contributed by atoms with Crippen LogP contribution < -0.4 is 26.4 Å². The average molecular weight is 762 g/mol. The largest absolute Gasteiger partial charge is 0.491 e. The van der Waals surface area contributed by atoms with E-state index in [1.165, 1.54) is 6.07 Å². The molecule has 4 heterocycles. The Morgan fingerprint density at radius 2 is 1.51 bits per heavy atom. The van der Waals surface area contributed by atoms with Gasteiger partial charge in [-0.1, -0.05) is 31.5 Å². The lowest BCUT2D eigenvalue weighted by molar-refractivity contribution is -0.139. The smallest absolute Gasteiger partial charge is 0.419 e. The minimum Gasteiger partial charge on any atom is -0.491 e. The zero-order valence-corrected chi connectivity index (χ0v) is 32.4. The van der Waals surface area contributed by atoms with Gasteiger partial charge in [-0.2, -0.15) is 13.2 Å². The summed E-state index contributed by atoms with van der Waals surface area (Å²) >= 11 is 5.94. The molecule has 0 aliphatic carbocycles. The molecule has 0 radical (unpaired) electrons. The van der Waals surface area contributed by atoms with Crippen LogP contribution in [0.3, 0.4) is 0 Å². The molecule has 2 aromatic heterocycles. The van der Waals surface area contributed by atoms with Gasteiger partial charge in [0.1, 0.15) is 29.6 Å². The van der Waals surface area contributed by atoms with Crippen molar-refractivity contribution < 1.29 is 27.4 Å². The van der Waals surface area contributed by atoms with E-state index >= 15 is 0 Å². The molecule has 2 aliphatic heterocycles. The molecule has 2 fully saturated rings. The van der Waals surface area contributed by atoms with Crippen LogP contribution in [0.15, 0.2) is 54.9 Å². The summed E-state index contributed by atoms with van der Waals surface area (Å²) in [6, 6.07) is 11.8. The second kappa shape index (κ2) is 18.5. The zero-order chi connectivity index (χ0) is 38.8. The van der Waals surface area contributed by atoms with Crippen LogP contribution in [0.4, 0.5) is 29.6 Å². The number of likely N-dealkylation sites (tertiary alicyclic amines) is 1. The summed E-state index contributed by atoms with van der Waals surface area (Å²) in [4.78, 5) is 22.3. The summed E-state index contributed by atoms with van der Waals surface area (Å²) in [5, 5.41) is 10.7. The lowest BCUT2D eigenvalue weighted by Crippen LogP contribution is -2.44. The number of rotatable bonds is 10. The molecule has 2 aliphatic rings. The number of halogens is 4. The molecule has 1 atom stereocenters. The summed E-state index contributed by atoms with van der Waals surface area (Å²) in [6.45, 7) is 14.7. The second-order valence-corrected chi connectivity index (χ2v) is 16.0. The van der Waals surface area contributed by atoms with Gasteiger partial charge in [-0.05, 0) is 126 Å². The van der Waals surface area contributed by atoms with E-state index in [9.17, 15) is 18.0 Å². The van der Waals surface area contributed by atoms with Crippen molar-refractivity contribution in [3.63, 3.8) is 0 Å². The molecule has 5 rings (SSSR count). The van der Waals surface area contributed by atoms with Crippen LogP contribution >= 0.6 is 11.6 Å². The number of ether oxygens (including phenoxy) is 2. The maximum Gasteiger partial charge on any atom is 0.419 e. The number of piperidine rings is 2. The minimum atomic E-state index is -4.54. The molecule has 0 saturated carbocycles. The van der Waals surface area contributed by atoms with Gasteiger partial charge in [0.25, 0.3) is 0 Å². The van der Waals surface area contributed by atoms with Gasteiger partial charge in [-0.3, -0.25) is 0 Å². The minimum absolute atomic E-state index is 0.00712. The standard InChI is InChI=1S/C24H33F3N4O.C15H22ClN3O2/c1-16(2)14-23(3,28)15-32-21-5-4-17(12-20(21)24(25,26)27)18-6-11-30-22(13-18)31-19-7-9-29-10-8-19;1-15(2,3)21-14(20)19-8-5-12(6-9-19)18-13-10-11(16)4-7-17-13/h4-6,11-13,16,19,29H,7-10,14-15,28H2,1-3H3,(H,30,31);4,7,10,12H,5-6,8-9H2,1-3H3,(H,17,18)/t23-;/m0./s1. The van der Waals surface area contributed by atoms with Crippen molar-refractivity contribution in [2.75, 3.05) is 43.4 Å². The van der Waals surface area contributed by atoms with Crippen LogP contribution in [0, 0.1) is 5.92 Å². The predicted molar refractivity (Wildman–Crippen MR) is 205 cm³/mol. The molecule has 1 amide bonds. The van der Waals surface area contributed by atoms with Crippen LogP contribution in [0.2, 0.25) is 5.02 Å². The fourth-order valence-electron chi connectivity index (χ4n) is 6.38. The number of nitrogens with zero attached hydrogens (tertiary/aromatic N) is 3. The number of hydrogen-bond acceptors (Lipinski definition) is 9. The quantitative estimate of drug-likeness (QED) is 0.161. The van der Waals surface area contributed by atoms with Crippen LogP contribution in [0.25, 0.3) is 11.1 Å². The molecule has 53 heavy (non-hydrogen) atoms. The molecule has 0 unspecified atom stereocenters. The van der Waals surface area contributed by atoms with Crippen molar-refractivity contribution in [1.82, 2.24) is 20.2 Å². The summed E-state index contributed by atoms with van der Waals surface area (Å²) in [7, 11) is 0. The molecular formula is C39H55ClF3N7O3. The van der Waals surface area contributed by atoms with E-state index in [4.69, 9.17) is 26.8 Å². The average Bonchev–Trinajstić information content (AvgIpc) is 3.07. The Morgan fingerprint density at radius 3 is 2.09 bits per heavy atom. The van der Waals surface area contributed by atoms with E-state index in [-0.39, 0.29) is 18.4 Å². The van der Waals surface area contributed by atoms with Crippen LogP contribution in [0.1, 0.15) is 79.2 Å². The highest BCUT2D eigenvalue weighted by molar-refractivity contribution is 6.30. The summed E-state index contributed by atoms with van der Waals surface area (Å²) in [5.74, 6) is 1.55. The van der Waals surface area contributed by atoms with Crippen molar-refractivity contribution in [2.24, 2.45) is 11.7 Å². The number of aromatic nitrogens is 2. The summed E-state index contributed by atoms with van der Waals surface area (Å²) in [6.07, 6.45) is 2.86. The third kappa shape index (κ3) is 14.2. The Labute approximate surface area is 316 Å². The Bertz CT molecular complexity index is 1620. The highest BCUT2D eigenvalue weighted by Crippen LogP contribution is 2.39. The second-order valence-electron chi connectivity index (χ2n) is 15.6. The topological polar surface area (TPSA) is 127 Å². The fourth-order valence-corrected chi connectivity index (χ4v) is 6.54. The zero-order valence-electron chi connectivity index (χ0n) is 31.7. The number of alkyl halides is 3. The lowest BCUT2D eigenvalue weighted by Gasteiger charge is -2.33. The highest BCUT2D eigenvalue weighted by atomic mass is 35.5.